The lowest BCUT2D eigenvalue weighted by molar-refractivity contribution is -0.129. The summed E-state index contributed by atoms with van der Waals surface area (Å²) in [4.78, 5) is 50.3. The summed E-state index contributed by atoms with van der Waals surface area (Å²) in [6.07, 6.45) is 0.890. The maximum atomic E-state index is 12.7. The van der Waals surface area contributed by atoms with Gasteiger partial charge < -0.3 is 16.0 Å². The molecule has 0 saturated heterocycles. The molecule has 0 heterocycles. The lowest BCUT2D eigenvalue weighted by Gasteiger charge is -2.24. The highest BCUT2D eigenvalue weighted by atomic mass is 16.2. The van der Waals surface area contributed by atoms with Crippen molar-refractivity contribution in [1.82, 2.24) is 16.0 Å². The monoisotopic (exact) mass is 479 g/mol. The summed E-state index contributed by atoms with van der Waals surface area (Å²) in [6.45, 7) is 7.24. The van der Waals surface area contributed by atoms with E-state index in [4.69, 9.17) is 0 Å². The number of ketones is 1. The van der Waals surface area contributed by atoms with Crippen molar-refractivity contribution in [3.63, 3.8) is 0 Å². The van der Waals surface area contributed by atoms with Crippen molar-refractivity contribution in [2.45, 2.75) is 77.4 Å². The topological polar surface area (TPSA) is 104 Å². The molecule has 0 spiro atoms. The molecule has 0 fully saturated rings. The number of benzene rings is 2. The summed E-state index contributed by atoms with van der Waals surface area (Å²) < 4.78 is 0. The number of hydrogen-bond acceptors (Lipinski definition) is 4. The summed E-state index contributed by atoms with van der Waals surface area (Å²) in [6, 6.07) is 17.6. The van der Waals surface area contributed by atoms with E-state index in [0.717, 1.165) is 11.1 Å². The quantitative estimate of drug-likeness (QED) is 0.435. The first-order valence-electron chi connectivity index (χ1n) is 12.0. The average molecular weight is 480 g/mol. The van der Waals surface area contributed by atoms with Gasteiger partial charge in [-0.3, -0.25) is 19.2 Å². The molecule has 0 aliphatic heterocycles. The molecular formula is C28H37N3O4. The van der Waals surface area contributed by atoms with Crippen LogP contribution in [0, 0.1) is 0 Å². The summed E-state index contributed by atoms with van der Waals surface area (Å²) in [7, 11) is 0. The van der Waals surface area contributed by atoms with Crippen LogP contribution in [0.25, 0.3) is 0 Å². The van der Waals surface area contributed by atoms with Gasteiger partial charge in [0.25, 0.3) is 0 Å². The lowest BCUT2D eigenvalue weighted by atomic mass is 10.0. The summed E-state index contributed by atoms with van der Waals surface area (Å²) in [5, 5.41) is 8.41. The molecule has 0 aliphatic carbocycles. The Hall–Kier alpha value is -3.48. The lowest BCUT2D eigenvalue weighted by Crippen LogP contribution is -2.47. The fourth-order valence-electron chi connectivity index (χ4n) is 3.62. The van der Waals surface area contributed by atoms with E-state index in [2.05, 4.69) is 16.0 Å². The molecule has 7 nitrogen and oxygen atoms in total. The molecule has 0 aliphatic rings. The number of nitrogens with one attached hydrogen (secondary N) is 3. The summed E-state index contributed by atoms with van der Waals surface area (Å²) >= 11 is 0. The summed E-state index contributed by atoms with van der Waals surface area (Å²) in [5.41, 5.74) is 1.48. The molecule has 7 heteroatoms. The zero-order chi connectivity index (χ0) is 25.8. The molecule has 0 aromatic heterocycles. The molecule has 2 atom stereocenters. The second-order valence-electron chi connectivity index (χ2n) is 9.87. The van der Waals surface area contributed by atoms with Crippen LogP contribution in [0.4, 0.5) is 0 Å². The van der Waals surface area contributed by atoms with Crippen LogP contribution < -0.4 is 16.0 Å². The second-order valence-corrected chi connectivity index (χ2v) is 9.87. The van der Waals surface area contributed by atoms with Crippen LogP contribution in [0.2, 0.25) is 0 Å². The largest absolute Gasteiger partial charge is 0.352 e. The zero-order valence-corrected chi connectivity index (χ0v) is 21.1. The molecule has 0 saturated carbocycles. The van der Waals surface area contributed by atoms with E-state index < -0.39 is 23.5 Å². The zero-order valence-electron chi connectivity index (χ0n) is 21.1. The van der Waals surface area contributed by atoms with Gasteiger partial charge in [0.05, 0.1) is 6.04 Å². The highest BCUT2D eigenvalue weighted by molar-refractivity contribution is 5.90. The van der Waals surface area contributed by atoms with Gasteiger partial charge in [-0.05, 0) is 45.2 Å². The minimum atomic E-state index is -0.683. The predicted octanol–water partition coefficient (Wildman–Crippen LogP) is 3.12. The molecule has 3 N–H and O–H groups in total. The number of Topliss-reactive ketones (excluding diaryl/α,β-unsaturated/α-hetero) is 1. The molecular weight excluding hydrogens is 442 g/mol. The Bertz CT molecular complexity index is 984. The molecule has 35 heavy (non-hydrogen) atoms. The van der Waals surface area contributed by atoms with Gasteiger partial charge in [-0.25, -0.2) is 0 Å². The third kappa shape index (κ3) is 11.5. The van der Waals surface area contributed by atoms with E-state index >= 15 is 0 Å². The van der Waals surface area contributed by atoms with Gasteiger partial charge >= 0.3 is 0 Å². The maximum absolute atomic E-state index is 12.7. The molecule has 2 aromatic rings. The highest BCUT2D eigenvalue weighted by Gasteiger charge is 2.24. The third-order valence-corrected chi connectivity index (χ3v) is 5.31. The van der Waals surface area contributed by atoms with Gasteiger partial charge in [0.1, 0.15) is 0 Å². The molecule has 2 rings (SSSR count). The van der Waals surface area contributed by atoms with E-state index in [1.54, 1.807) is 6.92 Å². The van der Waals surface area contributed by atoms with Crippen molar-refractivity contribution in [1.29, 1.82) is 0 Å². The first-order valence-corrected chi connectivity index (χ1v) is 12.0. The Morgan fingerprint density at radius 1 is 0.743 bits per heavy atom. The van der Waals surface area contributed by atoms with Gasteiger partial charge in [-0.1, -0.05) is 60.7 Å². The van der Waals surface area contributed by atoms with Crippen LogP contribution in [-0.2, 0) is 32.0 Å². The Kier molecular flexibility index (Phi) is 10.6. The molecule has 0 unspecified atom stereocenters. The average Bonchev–Trinajstić information content (AvgIpc) is 2.77. The fraction of sp³-hybridized carbons (Fsp3) is 0.429. The first kappa shape index (κ1) is 27.8. The first-order chi connectivity index (χ1) is 16.5. The van der Waals surface area contributed by atoms with E-state index in [1.807, 2.05) is 81.4 Å². The van der Waals surface area contributed by atoms with Gasteiger partial charge in [0.2, 0.25) is 17.7 Å². The van der Waals surface area contributed by atoms with Crippen LogP contribution in [0.1, 0.15) is 58.1 Å². The molecule has 188 valence electrons. The van der Waals surface area contributed by atoms with Crippen molar-refractivity contribution in [3.8, 4) is 0 Å². The normalized spacial score (nSPS) is 12.8. The minimum Gasteiger partial charge on any atom is -0.352 e. The number of rotatable bonds is 12. The van der Waals surface area contributed by atoms with Crippen molar-refractivity contribution in [2.24, 2.45) is 0 Å². The van der Waals surface area contributed by atoms with Crippen molar-refractivity contribution < 1.29 is 19.2 Å². The van der Waals surface area contributed by atoms with Crippen molar-refractivity contribution >= 4 is 23.5 Å². The number of hydrogen-bond donors (Lipinski definition) is 3. The molecule has 3 amide bonds. The van der Waals surface area contributed by atoms with Crippen LogP contribution in [-0.4, -0.2) is 41.1 Å². The van der Waals surface area contributed by atoms with Crippen LogP contribution in [0.15, 0.2) is 60.7 Å². The van der Waals surface area contributed by atoms with E-state index in [1.165, 1.54) is 0 Å². The van der Waals surface area contributed by atoms with Crippen LogP contribution >= 0.6 is 0 Å². The van der Waals surface area contributed by atoms with E-state index in [9.17, 15) is 19.2 Å². The van der Waals surface area contributed by atoms with Crippen LogP contribution in [0.3, 0.4) is 0 Å². The minimum absolute atomic E-state index is 0.0336. The Labute approximate surface area is 208 Å². The van der Waals surface area contributed by atoms with Gasteiger partial charge in [0, 0.05) is 37.3 Å². The van der Waals surface area contributed by atoms with Crippen molar-refractivity contribution in [2.75, 3.05) is 0 Å². The van der Waals surface area contributed by atoms with Crippen molar-refractivity contribution in [3.05, 3.63) is 71.8 Å². The van der Waals surface area contributed by atoms with E-state index in [-0.39, 0.29) is 43.3 Å². The number of amides is 3. The van der Waals surface area contributed by atoms with Gasteiger partial charge in [-0.15, -0.1) is 0 Å². The van der Waals surface area contributed by atoms with Gasteiger partial charge in [0.15, 0.2) is 5.78 Å². The maximum Gasteiger partial charge on any atom is 0.222 e. The molecule has 0 bridgehead atoms. The molecule has 0 radical (unpaired) electrons. The standard InChI is InChI=1S/C28H37N3O4/c1-20(24(32)17-22-13-9-6-10-14-22)29-26(34)18-23(19-27(35)31-28(2,3)4)30-25(33)16-15-21-11-7-5-8-12-21/h5-14,20,23H,15-19H2,1-4H3,(H,29,34)(H,30,33)(H,31,35)/t20-,23+/m0/s1. The Morgan fingerprint density at radius 2 is 1.29 bits per heavy atom. The number of carbonyl (C=O) groups is 4. The fourth-order valence-corrected chi connectivity index (χ4v) is 3.62. The van der Waals surface area contributed by atoms with Gasteiger partial charge in [-0.2, -0.15) is 0 Å². The second kappa shape index (κ2) is 13.4. The SMILES string of the molecule is C[C@H](NC(=O)C[C@H](CC(=O)NC(C)(C)C)NC(=O)CCc1ccccc1)C(=O)Cc1ccccc1. The molecule has 2 aromatic carbocycles. The number of aryl methyl sites for hydroxylation is 1. The van der Waals surface area contributed by atoms with Crippen LogP contribution in [0.5, 0.6) is 0 Å². The Morgan fingerprint density at radius 3 is 1.86 bits per heavy atom. The predicted molar refractivity (Wildman–Crippen MR) is 137 cm³/mol. The highest BCUT2D eigenvalue weighted by Crippen LogP contribution is 2.08. The third-order valence-electron chi connectivity index (χ3n) is 5.31. The summed E-state index contributed by atoms with van der Waals surface area (Å²) in [5.74, 6) is -0.996. The van der Waals surface area contributed by atoms with E-state index in [0.29, 0.717) is 6.42 Å². The number of carbonyl (C=O) groups excluding carboxylic acids is 4. The smallest absolute Gasteiger partial charge is 0.222 e. The Balaban J connectivity index is 1.94.